The third-order valence-electron chi connectivity index (χ3n) is 3.38. The minimum absolute atomic E-state index is 0.123. The zero-order valence-electron chi connectivity index (χ0n) is 14.0. The summed E-state index contributed by atoms with van der Waals surface area (Å²) in [5, 5.41) is 3.84. The smallest absolute Gasteiger partial charge is 0.232 e. The van der Waals surface area contributed by atoms with Crippen molar-refractivity contribution in [1.82, 2.24) is 14.9 Å². The van der Waals surface area contributed by atoms with Crippen molar-refractivity contribution in [1.29, 1.82) is 0 Å². The lowest BCUT2D eigenvalue weighted by Crippen LogP contribution is -2.29. The van der Waals surface area contributed by atoms with Gasteiger partial charge in [0.25, 0.3) is 0 Å². The van der Waals surface area contributed by atoms with Gasteiger partial charge in [-0.25, -0.2) is 17.5 Å². The van der Waals surface area contributed by atoms with Crippen LogP contribution in [0.4, 0.5) is 4.39 Å². The lowest BCUT2D eigenvalue weighted by Gasteiger charge is -2.10. The van der Waals surface area contributed by atoms with Crippen LogP contribution in [-0.4, -0.2) is 30.9 Å². The normalized spacial score (nSPS) is 12.5. The molecule has 0 spiro atoms. The third kappa shape index (κ3) is 5.38. The van der Waals surface area contributed by atoms with Crippen molar-refractivity contribution < 1.29 is 17.3 Å². The standard InChI is InChI=1S/C16H22FN3O3S/c1-16(2,3)15-19-14(20-23-15)8-10-18-24(21,22)11-9-12-6-4-5-7-13(12)17/h4-7,18H,8-11H2,1-3H3. The molecule has 0 bridgehead atoms. The van der Waals surface area contributed by atoms with Gasteiger partial charge < -0.3 is 4.52 Å². The summed E-state index contributed by atoms with van der Waals surface area (Å²) in [4.78, 5) is 4.24. The van der Waals surface area contributed by atoms with Crippen molar-refractivity contribution in [2.45, 2.75) is 39.0 Å². The predicted octanol–water partition coefficient (Wildman–Crippen LogP) is 2.21. The van der Waals surface area contributed by atoms with Crippen LogP contribution in [-0.2, 0) is 28.3 Å². The number of nitrogens with one attached hydrogen (secondary N) is 1. The predicted molar refractivity (Wildman–Crippen MR) is 88.6 cm³/mol. The topological polar surface area (TPSA) is 85.1 Å². The number of halogens is 1. The van der Waals surface area contributed by atoms with Crippen molar-refractivity contribution >= 4 is 10.0 Å². The van der Waals surface area contributed by atoms with Gasteiger partial charge >= 0.3 is 0 Å². The van der Waals surface area contributed by atoms with Gasteiger partial charge in [0.15, 0.2) is 5.82 Å². The van der Waals surface area contributed by atoms with Crippen LogP contribution in [0.2, 0.25) is 0 Å². The van der Waals surface area contributed by atoms with Gasteiger partial charge in [-0.15, -0.1) is 0 Å². The van der Waals surface area contributed by atoms with E-state index in [1.54, 1.807) is 18.2 Å². The number of aryl methyl sites for hydroxylation is 1. The molecule has 2 rings (SSSR count). The maximum absolute atomic E-state index is 13.5. The fraction of sp³-hybridized carbons (Fsp3) is 0.500. The Morgan fingerprint density at radius 2 is 1.92 bits per heavy atom. The Morgan fingerprint density at radius 3 is 2.54 bits per heavy atom. The summed E-state index contributed by atoms with van der Waals surface area (Å²) in [7, 11) is -3.49. The lowest BCUT2D eigenvalue weighted by atomic mass is 9.97. The molecule has 6 nitrogen and oxygen atoms in total. The highest BCUT2D eigenvalue weighted by Gasteiger charge is 2.21. The van der Waals surface area contributed by atoms with E-state index in [4.69, 9.17) is 4.52 Å². The van der Waals surface area contributed by atoms with E-state index in [0.717, 1.165) is 0 Å². The average molecular weight is 355 g/mol. The molecular formula is C16H22FN3O3S. The molecule has 2 aromatic rings. The first-order chi connectivity index (χ1) is 11.2. The third-order valence-corrected chi connectivity index (χ3v) is 4.76. The van der Waals surface area contributed by atoms with Gasteiger partial charge in [0.1, 0.15) is 5.82 Å². The van der Waals surface area contributed by atoms with E-state index in [1.165, 1.54) is 6.07 Å². The number of nitrogens with zero attached hydrogens (tertiary/aromatic N) is 2. The second kappa shape index (κ2) is 7.40. The quantitative estimate of drug-likeness (QED) is 0.823. The Bertz CT molecular complexity index is 782. The number of aromatic nitrogens is 2. The molecule has 0 aliphatic rings. The summed E-state index contributed by atoms with van der Waals surface area (Å²) in [6.07, 6.45) is 0.455. The number of benzene rings is 1. The fourth-order valence-electron chi connectivity index (χ4n) is 2.00. The molecule has 1 heterocycles. The Hall–Kier alpha value is -1.80. The second-order valence-corrected chi connectivity index (χ2v) is 8.50. The zero-order valence-corrected chi connectivity index (χ0v) is 14.9. The van der Waals surface area contributed by atoms with Crippen molar-refractivity contribution in [3.8, 4) is 0 Å². The van der Waals surface area contributed by atoms with Gasteiger partial charge in [-0.3, -0.25) is 0 Å². The fourth-order valence-corrected chi connectivity index (χ4v) is 3.04. The molecule has 0 fully saturated rings. The molecule has 0 radical (unpaired) electrons. The largest absolute Gasteiger partial charge is 0.339 e. The minimum atomic E-state index is -3.49. The number of rotatable bonds is 7. The molecular weight excluding hydrogens is 333 g/mol. The zero-order chi connectivity index (χ0) is 17.8. The van der Waals surface area contributed by atoms with E-state index < -0.39 is 15.8 Å². The van der Waals surface area contributed by atoms with Crippen molar-refractivity contribution in [2.75, 3.05) is 12.3 Å². The monoisotopic (exact) mass is 355 g/mol. The van der Waals surface area contributed by atoms with Crippen LogP contribution in [0.1, 0.15) is 38.0 Å². The highest BCUT2D eigenvalue weighted by Crippen LogP contribution is 2.19. The summed E-state index contributed by atoms with van der Waals surface area (Å²) in [6.45, 7) is 6.03. The van der Waals surface area contributed by atoms with E-state index in [0.29, 0.717) is 23.7 Å². The summed E-state index contributed by atoms with van der Waals surface area (Å²) in [5.41, 5.74) is 0.140. The van der Waals surface area contributed by atoms with Gasteiger partial charge in [-0.05, 0) is 18.1 Å². The van der Waals surface area contributed by atoms with Crippen LogP contribution in [0, 0.1) is 5.82 Å². The molecule has 1 aromatic carbocycles. The maximum Gasteiger partial charge on any atom is 0.232 e. The summed E-state index contributed by atoms with van der Waals surface area (Å²) >= 11 is 0. The summed E-state index contributed by atoms with van der Waals surface area (Å²) in [6, 6.07) is 6.15. The lowest BCUT2D eigenvalue weighted by molar-refractivity contribution is 0.318. The molecule has 132 valence electrons. The number of sulfonamides is 1. The highest BCUT2D eigenvalue weighted by molar-refractivity contribution is 7.89. The Balaban J connectivity index is 1.82. The Labute approximate surface area is 141 Å². The van der Waals surface area contributed by atoms with Crippen LogP contribution in [0.3, 0.4) is 0 Å². The second-order valence-electron chi connectivity index (χ2n) is 6.57. The molecule has 0 unspecified atom stereocenters. The van der Waals surface area contributed by atoms with E-state index in [1.807, 2.05) is 20.8 Å². The molecule has 0 saturated heterocycles. The van der Waals surface area contributed by atoms with E-state index in [9.17, 15) is 12.8 Å². The minimum Gasteiger partial charge on any atom is -0.339 e. The first-order valence-electron chi connectivity index (χ1n) is 7.71. The average Bonchev–Trinajstić information content (AvgIpc) is 2.95. The first-order valence-corrected chi connectivity index (χ1v) is 9.36. The maximum atomic E-state index is 13.5. The van der Waals surface area contributed by atoms with E-state index in [-0.39, 0.29) is 24.1 Å². The number of hydrogen-bond acceptors (Lipinski definition) is 5. The van der Waals surface area contributed by atoms with Crippen LogP contribution < -0.4 is 4.72 Å². The van der Waals surface area contributed by atoms with E-state index in [2.05, 4.69) is 14.9 Å². The molecule has 0 aliphatic carbocycles. The van der Waals surface area contributed by atoms with Gasteiger partial charge in [-0.2, -0.15) is 4.98 Å². The van der Waals surface area contributed by atoms with Crippen LogP contribution in [0.15, 0.2) is 28.8 Å². The molecule has 24 heavy (non-hydrogen) atoms. The molecule has 1 aromatic heterocycles. The molecule has 8 heteroatoms. The summed E-state index contributed by atoms with van der Waals surface area (Å²) < 4.78 is 45.1. The first kappa shape index (κ1) is 18.5. The van der Waals surface area contributed by atoms with Crippen LogP contribution in [0.5, 0.6) is 0 Å². The van der Waals surface area contributed by atoms with Gasteiger partial charge in [0, 0.05) is 18.4 Å². The SMILES string of the molecule is CC(C)(C)c1nc(CCNS(=O)(=O)CCc2ccccc2F)no1. The Morgan fingerprint density at radius 1 is 1.21 bits per heavy atom. The Kier molecular flexibility index (Phi) is 5.71. The molecule has 0 atom stereocenters. The molecule has 0 aliphatic heterocycles. The number of hydrogen-bond donors (Lipinski definition) is 1. The van der Waals surface area contributed by atoms with Gasteiger partial charge in [0.2, 0.25) is 15.9 Å². The van der Waals surface area contributed by atoms with E-state index >= 15 is 0 Å². The molecule has 0 amide bonds. The van der Waals surface area contributed by atoms with Crippen molar-refractivity contribution in [2.24, 2.45) is 0 Å². The van der Waals surface area contributed by atoms with Crippen LogP contribution in [0.25, 0.3) is 0 Å². The van der Waals surface area contributed by atoms with Crippen LogP contribution >= 0.6 is 0 Å². The molecule has 1 N–H and O–H groups in total. The van der Waals surface area contributed by atoms with Gasteiger partial charge in [-0.1, -0.05) is 44.1 Å². The van der Waals surface area contributed by atoms with Crippen molar-refractivity contribution in [3.63, 3.8) is 0 Å². The van der Waals surface area contributed by atoms with Gasteiger partial charge in [0.05, 0.1) is 5.75 Å². The van der Waals surface area contributed by atoms with Crippen molar-refractivity contribution in [3.05, 3.63) is 47.4 Å². The summed E-state index contributed by atoms with van der Waals surface area (Å²) in [5.74, 6) is 0.402. The highest BCUT2D eigenvalue weighted by atomic mass is 32.2. The molecule has 0 saturated carbocycles.